The van der Waals surface area contributed by atoms with Crippen LogP contribution in [0.2, 0.25) is 0 Å². The predicted molar refractivity (Wildman–Crippen MR) is 88.3 cm³/mol. The number of rotatable bonds is 6. The lowest BCUT2D eigenvalue weighted by atomic mass is 10.1. The zero-order valence-corrected chi connectivity index (χ0v) is 12.1. The van der Waals surface area contributed by atoms with E-state index < -0.39 is 0 Å². The standard InChI is InChI=1S/C17H17FN4/c18-7-1-8-20-16-4-5-17(21-12-16)22-15-3-2-14-11-19-9-6-13(14)10-15/h2-6,9-12,20H,1,7-8H2,(H,21,22). The molecule has 0 aliphatic rings. The number of anilines is 3. The fraction of sp³-hybridized carbons (Fsp3) is 0.176. The molecule has 3 rings (SSSR count). The van der Waals surface area contributed by atoms with E-state index in [0.29, 0.717) is 13.0 Å². The van der Waals surface area contributed by atoms with E-state index in [4.69, 9.17) is 0 Å². The SMILES string of the molecule is FCCCNc1ccc(Nc2ccc3cnccc3c2)nc1. The first-order valence-corrected chi connectivity index (χ1v) is 7.22. The third-order valence-electron chi connectivity index (χ3n) is 3.32. The molecule has 0 saturated carbocycles. The van der Waals surface area contributed by atoms with Gasteiger partial charge in [0, 0.05) is 30.0 Å². The molecule has 2 heterocycles. The van der Waals surface area contributed by atoms with Crippen LogP contribution >= 0.6 is 0 Å². The molecule has 0 fully saturated rings. The lowest BCUT2D eigenvalue weighted by molar-refractivity contribution is 0.481. The molecule has 0 radical (unpaired) electrons. The number of nitrogens with one attached hydrogen (secondary N) is 2. The molecule has 4 nitrogen and oxygen atoms in total. The van der Waals surface area contributed by atoms with E-state index in [0.717, 1.165) is 28.0 Å². The van der Waals surface area contributed by atoms with Crippen molar-refractivity contribution in [2.24, 2.45) is 0 Å². The smallest absolute Gasteiger partial charge is 0.130 e. The monoisotopic (exact) mass is 296 g/mol. The number of alkyl halides is 1. The molecule has 0 unspecified atom stereocenters. The van der Waals surface area contributed by atoms with Crippen molar-refractivity contribution in [1.82, 2.24) is 9.97 Å². The topological polar surface area (TPSA) is 49.8 Å². The molecule has 0 bridgehead atoms. The molecule has 2 N–H and O–H groups in total. The van der Waals surface area contributed by atoms with E-state index in [1.54, 1.807) is 12.4 Å². The van der Waals surface area contributed by atoms with Crippen molar-refractivity contribution in [3.8, 4) is 0 Å². The maximum atomic E-state index is 12.0. The van der Waals surface area contributed by atoms with Crippen LogP contribution in [0.3, 0.4) is 0 Å². The fourth-order valence-electron chi connectivity index (χ4n) is 2.18. The summed E-state index contributed by atoms with van der Waals surface area (Å²) in [6.45, 7) is 0.307. The number of halogens is 1. The van der Waals surface area contributed by atoms with Crippen LogP contribution in [0.15, 0.2) is 55.0 Å². The van der Waals surface area contributed by atoms with Crippen molar-refractivity contribution < 1.29 is 4.39 Å². The zero-order valence-electron chi connectivity index (χ0n) is 12.1. The molecule has 0 atom stereocenters. The summed E-state index contributed by atoms with van der Waals surface area (Å²) in [5, 5.41) is 8.63. The molecule has 5 heteroatoms. The second-order valence-electron chi connectivity index (χ2n) is 4.96. The Morgan fingerprint density at radius 1 is 0.955 bits per heavy atom. The van der Waals surface area contributed by atoms with Gasteiger partial charge in [0.05, 0.1) is 18.6 Å². The van der Waals surface area contributed by atoms with Crippen molar-refractivity contribution in [3.05, 3.63) is 55.0 Å². The third-order valence-corrected chi connectivity index (χ3v) is 3.32. The van der Waals surface area contributed by atoms with Gasteiger partial charge in [-0.1, -0.05) is 6.07 Å². The number of nitrogens with zero attached hydrogens (tertiary/aromatic N) is 2. The van der Waals surface area contributed by atoms with Gasteiger partial charge in [-0.25, -0.2) is 4.98 Å². The number of aromatic nitrogens is 2. The summed E-state index contributed by atoms with van der Waals surface area (Å²) in [4.78, 5) is 8.46. The minimum atomic E-state index is -0.308. The Hall–Kier alpha value is -2.69. The average molecular weight is 296 g/mol. The van der Waals surface area contributed by atoms with Crippen molar-refractivity contribution in [1.29, 1.82) is 0 Å². The Bertz CT molecular complexity index is 743. The largest absolute Gasteiger partial charge is 0.384 e. The van der Waals surface area contributed by atoms with E-state index in [1.165, 1.54) is 0 Å². The van der Waals surface area contributed by atoms with Gasteiger partial charge in [0.15, 0.2) is 0 Å². The Morgan fingerprint density at radius 3 is 2.68 bits per heavy atom. The second-order valence-corrected chi connectivity index (χ2v) is 4.96. The number of hydrogen-bond donors (Lipinski definition) is 2. The van der Waals surface area contributed by atoms with Gasteiger partial charge in [-0.2, -0.15) is 0 Å². The van der Waals surface area contributed by atoms with Crippen LogP contribution in [-0.4, -0.2) is 23.2 Å². The van der Waals surface area contributed by atoms with Crippen LogP contribution in [0.25, 0.3) is 10.8 Å². The molecule has 0 amide bonds. The highest BCUT2D eigenvalue weighted by Gasteiger charge is 1.99. The molecule has 0 saturated heterocycles. The molecular weight excluding hydrogens is 279 g/mol. The zero-order chi connectivity index (χ0) is 15.2. The van der Waals surface area contributed by atoms with E-state index in [2.05, 4.69) is 26.7 Å². The van der Waals surface area contributed by atoms with Crippen molar-refractivity contribution in [3.63, 3.8) is 0 Å². The fourth-order valence-corrected chi connectivity index (χ4v) is 2.18. The first-order valence-electron chi connectivity index (χ1n) is 7.22. The summed E-state index contributed by atoms with van der Waals surface area (Å²) < 4.78 is 12.0. The van der Waals surface area contributed by atoms with Crippen LogP contribution in [0.1, 0.15) is 6.42 Å². The van der Waals surface area contributed by atoms with Gasteiger partial charge in [-0.05, 0) is 42.1 Å². The van der Waals surface area contributed by atoms with Crippen molar-refractivity contribution in [2.45, 2.75) is 6.42 Å². The van der Waals surface area contributed by atoms with Gasteiger partial charge in [-0.15, -0.1) is 0 Å². The number of hydrogen-bond acceptors (Lipinski definition) is 4. The Kier molecular flexibility index (Phi) is 4.44. The number of pyridine rings is 2. The molecule has 112 valence electrons. The summed E-state index contributed by atoms with van der Waals surface area (Å²) in [6.07, 6.45) is 5.87. The normalized spacial score (nSPS) is 10.6. The van der Waals surface area contributed by atoms with Gasteiger partial charge >= 0.3 is 0 Å². The number of fused-ring (bicyclic) bond motifs is 1. The maximum absolute atomic E-state index is 12.0. The molecule has 2 aromatic heterocycles. The van der Waals surface area contributed by atoms with Crippen molar-refractivity contribution >= 4 is 28.0 Å². The lowest BCUT2D eigenvalue weighted by Crippen LogP contribution is -2.02. The van der Waals surface area contributed by atoms with Crippen LogP contribution in [0.4, 0.5) is 21.6 Å². The summed E-state index contributed by atoms with van der Waals surface area (Å²) >= 11 is 0. The molecule has 0 aliphatic carbocycles. The Morgan fingerprint density at radius 2 is 1.86 bits per heavy atom. The summed E-state index contributed by atoms with van der Waals surface area (Å²) in [7, 11) is 0. The number of benzene rings is 1. The van der Waals surface area contributed by atoms with Crippen LogP contribution < -0.4 is 10.6 Å². The molecule has 22 heavy (non-hydrogen) atoms. The molecular formula is C17H17FN4. The molecule has 1 aromatic carbocycles. The van der Waals surface area contributed by atoms with E-state index >= 15 is 0 Å². The predicted octanol–water partition coefficient (Wildman–Crippen LogP) is 4.14. The van der Waals surface area contributed by atoms with Crippen LogP contribution in [-0.2, 0) is 0 Å². The third kappa shape index (κ3) is 3.49. The highest BCUT2D eigenvalue weighted by Crippen LogP contribution is 2.21. The average Bonchev–Trinajstić information content (AvgIpc) is 2.57. The van der Waals surface area contributed by atoms with Gasteiger partial charge in [0.2, 0.25) is 0 Å². The summed E-state index contributed by atoms with van der Waals surface area (Å²) in [5.41, 5.74) is 1.87. The van der Waals surface area contributed by atoms with E-state index in [9.17, 15) is 4.39 Å². The Balaban J connectivity index is 1.68. The van der Waals surface area contributed by atoms with Gasteiger partial charge in [-0.3, -0.25) is 9.37 Å². The van der Waals surface area contributed by atoms with E-state index in [-0.39, 0.29) is 6.67 Å². The van der Waals surface area contributed by atoms with Crippen molar-refractivity contribution in [2.75, 3.05) is 23.9 Å². The Labute approximate surface area is 128 Å². The summed E-state index contributed by atoms with van der Waals surface area (Å²) in [6, 6.07) is 11.9. The van der Waals surface area contributed by atoms with Crippen LogP contribution in [0, 0.1) is 0 Å². The van der Waals surface area contributed by atoms with Crippen LogP contribution in [0.5, 0.6) is 0 Å². The minimum Gasteiger partial charge on any atom is -0.384 e. The van der Waals surface area contributed by atoms with Gasteiger partial charge in [0.1, 0.15) is 5.82 Å². The lowest BCUT2D eigenvalue weighted by Gasteiger charge is -2.08. The molecule has 0 aliphatic heterocycles. The molecule has 3 aromatic rings. The first kappa shape index (κ1) is 14.3. The highest BCUT2D eigenvalue weighted by molar-refractivity contribution is 5.85. The van der Waals surface area contributed by atoms with E-state index in [1.807, 2.05) is 36.5 Å². The first-order chi connectivity index (χ1) is 10.8. The maximum Gasteiger partial charge on any atom is 0.130 e. The quantitative estimate of drug-likeness (QED) is 0.671. The summed E-state index contributed by atoms with van der Waals surface area (Å²) in [5.74, 6) is 0.768. The minimum absolute atomic E-state index is 0.308. The van der Waals surface area contributed by atoms with Gasteiger partial charge in [0.25, 0.3) is 0 Å². The molecule has 0 spiro atoms. The van der Waals surface area contributed by atoms with Gasteiger partial charge < -0.3 is 10.6 Å². The second kappa shape index (κ2) is 6.85. The highest BCUT2D eigenvalue weighted by atomic mass is 19.1.